The number of carboxylic acid groups (broad SMARTS) is 1. The summed E-state index contributed by atoms with van der Waals surface area (Å²) in [5.41, 5.74) is -1.60. The average molecular weight is 347 g/mol. The van der Waals surface area contributed by atoms with Gasteiger partial charge in [-0.15, -0.1) is 0 Å². The van der Waals surface area contributed by atoms with Gasteiger partial charge in [0.25, 0.3) is 0 Å². The molecule has 1 amide bonds. The van der Waals surface area contributed by atoms with Crippen molar-refractivity contribution in [2.75, 3.05) is 12.7 Å². The monoisotopic (exact) mass is 347 g/mol. The van der Waals surface area contributed by atoms with Gasteiger partial charge in [-0.1, -0.05) is 19.1 Å². The fraction of sp³-hybridized carbons (Fsp3) is 0.429. The second-order valence-corrected chi connectivity index (χ2v) is 7.26. The van der Waals surface area contributed by atoms with E-state index in [0.29, 0.717) is 0 Å². The van der Waals surface area contributed by atoms with Crippen LogP contribution in [0.3, 0.4) is 0 Å². The molecule has 0 fully saturated rings. The molecule has 0 aromatic heterocycles. The smallest absolute Gasteiger partial charge is 0.326 e. The lowest BCUT2D eigenvalue weighted by Crippen LogP contribution is -2.46. The molecular formula is C14H19FNO6P. The lowest BCUT2D eigenvalue weighted by atomic mass is 9.83. The topological polar surface area (TPSA) is 124 Å². The summed E-state index contributed by atoms with van der Waals surface area (Å²) in [7, 11) is -4.59. The SMILES string of the molecule is CC(CNC(=O)C(C)(CP(=O)(O)O)c1cccc(F)c1)C(=O)O. The van der Waals surface area contributed by atoms with Crippen LogP contribution >= 0.6 is 7.60 Å². The number of benzene rings is 1. The standard InChI is InChI=1S/C14H19FNO6P/c1-9(12(17)18)7-16-13(19)14(2,8-23(20,21)22)10-4-3-5-11(15)6-10/h3-6,9H,7-8H2,1-2H3,(H,16,19)(H,17,18)(H2,20,21,22). The number of hydrogen-bond donors (Lipinski definition) is 4. The molecule has 7 nitrogen and oxygen atoms in total. The molecule has 23 heavy (non-hydrogen) atoms. The minimum Gasteiger partial charge on any atom is -0.481 e. The predicted molar refractivity (Wildman–Crippen MR) is 80.5 cm³/mol. The molecular weight excluding hydrogens is 328 g/mol. The molecule has 0 aliphatic rings. The van der Waals surface area contributed by atoms with Gasteiger partial charge in [-0.2, -0.15) is 0 Å². The van der Waals surface area contributed by atoms with Gasteiger partial charge in [0.2, 0.25) is 5.91 Å². The molecule has 0 bridgehead atoms. The largest absolute Gasteiger partial charge is 0.481 e. The Morgan fingerprint density at radius 1 is 1.39 bits per heavy atom. The molecule has 1 aromatic carbocycles. The zero-order valence-electron chi connectivity index (χ0n) is 12.7. The lowest BCUT2D eigenvalue weighted by Gasteiger charge is -2.29. The Morgan fingerprint density at radius 2 is 2.00 bits per heavy atom. The normalized spacial score (nSPS) is 15.5. The van der Waals surface area contributed by atoms with E-state index in [1.807, 2.05) is 0 Å². The summed E-state index contributed by atoms with van der Waals surface area (Å²) in [6, 6.07) is 4.89. The second kappa shape index (κ2) is 7.21. The Hall–Kier alpha value is -1.76. The summed E-state index contributed by atoms with van der Waals surface area (Å²) in [5, 5.41) is 11.2. The zero-order valence-corrected chi connectivity index (χ0v) is 13.6. The number of hydrogen-bond acceptors (Lipinski definition) is 3. The van der Waals surface area contributed by atoms with E-state index in [1.54, 1.807) is 0 Å². The van der Waals surface area contributed by atoms with Gasteiger partial charge >= 0.3 is 13.6 Å². The summed E-state index contributed by atoms with van der Waals surface area (Å²) < 4.78 is 24.8. The van der Waals surface area contributed by atoms with Gasteiger partial charge in [0.05, 0.1) is 17.5 Å². The summed E-state index contributed by atoms with van der Waals surface area (Å²) in [4.78, 5) is 41.7. The number of rotatable bonds is 7. The van der Waals surface area contributed by atoms with E-state index in [4.69, 9.17) is 5.11 Å². The van der Waals surface area contributed by atoms with Crippen LogP contribution in [0.15, 0.2) is 24.3 Å². The van der Waals surface area contributed by atoms with Crippen molar-refractivity contribution in [2.24, 2.45) is 5.92 Å². The van der Waals surface area contributed by atoms with E-state index in [1.165, 1.54) is 26.0 Å². The first-order chi connectivity index (χ1) is 10.5. The Bertz CT molecular complexity index is 646. The third-order valence-corrected chi connectivity index (χ3v) is 4.52. The summed E-state index contributed by atoms with van der Waals surface area (Å²) in [6.07, 6.45) is -0.823. The molecule has 0 heterocycles. The molecule has 0 saturated heterocycles. The summed E-state index contributed by atoms with van der Waals surface area (Å²) in [5.74, 6) is -3.41. The molecule has 0 aliphatic heterocycles. The van der Waals surface area contributed by atoms with Crippen molar-refractivity contribution in [3.63, 3.8) is 0 Å². The number of halogens is 1. The van der Waals surface area contributed by atoms with Crippen molar-refractivity contribution in [1.82, 2.24) is 5.32 Å². The highest BCUT2D eigenvalue weighted by atomic mass is 31.2. The number of amides is 1. The molecule has 9 heteroatoms. The van der Waals surface area contributed by atoms with Crippen LogP contribution in [0.5, 0.6) is 0 Å². The Morgan fingerprint density at radius 3 is 2.48 bits per heavy atom. The molecule has 128 valence electrons. The van der Waals surface area contributed by atoms with E-state index in [9.17, 15) is 28.3 Å². The molecule has 4 N–H and O–H groups in total. The lowest BCUT2D eigenvalue weighted by molar-refractivity contribution is -0.141. The third kappa shape index (κ3) is 5.42. The van der Waals surface area contributed by atoms with E-state index < -0.39 is 42.8 Å². The van der Waals surface area contributed by atoms with Crippen molar-refractivity contribution in [1.29, 1.82) is 0 Å². The fourth-order valence-corrected chi connectivity index (χ4v) is 3.22. The molecule has 1 aromatic rings. The van der Waals surface area contributed by atoms with Crippen LogP contribution in [0, 0.1) is 11.7 Å². The van der Waals surface area contributed by atoms with E-state index in [0.717, 1.165) is 12.1 Å². The van der Waals surface area contributed by atoms with Crippen molar-refractivity contribution in [2.45, 2.75) is 19.3 Å². The predicted octanol–water partition coefficient (Wildman–Crippen LogP) is 1.10. The molecule has 0 spiro atoms. The van der Waals surface area contributed by atoms with E-state index in [2.05, 4.69) is 5.32 Å². The van der Waals surface area contributed by atoms with Crippen LogP contribution in [-0.2, 0) is 19.6 Å². The van der Waals surface area contributed by atoms with Crippen molar-refractivity contribution < 1.29 is 33.4 Å². The second-order valence-electron chi connectivity index (χ2n) is 5.61. The first kappa shape index (κ1) is 19.3. The van der Waals surface area contributed by atoms with Gasteiger partial charge in [-0.25, -0.2) is 4.39 Å². The Kier molecular flexibility index (Phi) is 6.04. The molecule has 0 saturated carbocycles. The van der Waals surface area contributed by atoms with Crippen molar-refractivity contribution >= 4 is 19.5 Å². The van der Waals surface area contributed by atoms with Gasteiger partial charge < -0.3 is 20.2 Å². The fourth-order valence-electron chi connectivity index (χ4n) is 2.07. The minimum atomic E-state index is -4.59. The van der Waals surface area contributed by atoms with Crippen LogP contribution in [-0.4, -0.2) is 39.5 Å². The molecule has 1 rings (SSSR count). The number of carboxylic acids is 1. The highest BCUT2D eigenvalue weighted by Gasteiger charge is 2.41. The Labute approximate surface area is 132 Å². The average Bonchev–Trinajstić information content (AvgIpc) is 2.42. The van der Waals surface area contributed by atoms with Crippen LogP contribution in [0.1, 0.15) is 19.4 Å². The maximum absolute atomic E-state index is 13.4. The zero-order chi connectivity index (χ0) is 17.8. The van der Waals surface area contributed by atoms with Gasteiger partial charge in [0.1, 0.15) is 5.82 Å². The minimum absolute atomic E-state index is 0.0984. The van der Waals surface area contributed by atoms with Crippen LogP contribution < -0.4 is 5.32 Å². The van der Waals surface area contributed by atoms with Crippen LogP contribution in [0.25, 0.3) is 0 Å². The molecule has 2 atom stereocenters. The summed E-state index contributed by atoms with van der Waals surface area (Å²) >= 11 is 0. The maximum atomic E-state index is 13.4. The van der Waals surface area contributed by atoms with E-state index in [-0.39, 0.29) is 12.1 Å². The number of carbonyl (C=O) groups excluding carboxylic acids is 1. The third-order valence-electron chi connectivity index (χ3n) is 3.48. The number of nitrogens with one attached hydrogen (secondary N) is 1. The highest BCUT2D eigenvalue weighted by Crippen LogP contribution is 2.43. The number of carbonyl (C=O) groups is 2. The van der Waals surface area contributed by atoms with Gasteiger partial charge in [0, 0.05) is 6.54 Å². The highest BCUT2D eigenvalue weighted by molar-refractivity contribution is 7.51. The summed E-state index contributed by atoms with van der Waals surface area (Å²) in [6.45, 7) is 2.45. The van der Waals surface area contributed by atoms with Gasteiger partial charge in [0.15, 0.2) is 0 Å². The van der Waals surface area contributed by atoms with Crippen LogP contribution in [0.4, 0.5) is 4.39 Å². The Balaban J connectivity index is 3.12. The molecule has 2 unspecified atom stereocenters. The van der Waals surface area contributed by atoms with E-state index >= 15 is 0 Å². The number of aliphatic carboxylic acids is 1. The maximum Gasteiger partial charge on any atom is 0.326 e. The first-order valence-corrected chi connectivity index (χ1v) is 8.57. The molecule has 0 radical (unpaired) electrons. The van der Waals surface area contributed by atoms with Crippen molar-refractivity contribution in [3.8, 4) is 0 Å². The van der Waals surface area contributed by atoms with Crippen LogP contribution in [0.2, 0.25) is 0 Å². The van der Waals surface area contributed by atoms with Gasteiger partial charge in [-0.3, -0.25) is 14.2 Å². The first-order valence-electron chi connectivity index (χ1n) is 6.77. The van der Waals surface area contributed by atoms with Crippen molar-refractivity contribution in [3.05, 3.63) is 35.6 Å². The quantitative estimate of drug-likeness (QED) is 0.548. The molecule has 0 aliphatic carbocycles. The van der Waals surface area contributed by atoms with Gasteiger partial charge in [-0.05, 0) is 24.6 Å².